The summed E-state index contributed by atoms with van der Waals surface area (Å²) in [7, 11) is 0. The first kappa shape index (κ1) is 14.0. The highest BCUT2D eigenvalue weighted by Crippen LogP contribution is 2.31. The minimum absolute atomic E-state index is 0.500. The highest BCUT2D eigenvalue weighted by molar-refractivity contribution is 9.10. The standard InChI is InChI=1S/C13H10BrF3N2/c14-11-7-19-6-5-10(11)12(18)8-1-3-9(4-2-8)13(15,16)17/h1-7,12H,18H2. The quantitative estimate of drug-likeness (QED) is 0.906. The van der Waals surface area contributed by atoms with Gasteiger partial charge in [-0.3, -0.25) is 4.98 Å². The Bertz CT molecular complexity index is 567. The number of hydrogen-bond acceptors (Lipinski definition) is 2. The van der Waals surface area contributed by atoms with Crippen molar-refractivity contribution in [3.05, 3.63) is 63.9 Å². The lowest BCUT2D eigenvalue weighted by Gasteiger charge is -2.15. The van der Waals surface area contributed by atoms with Crippen LogP contribution in [-0.4, -0.2) is 4.98 Å². The van der Waals surface area contributed by atoms with Crippen LogP contribution in [0.15, 0.2) is 47.2 Å². The van der Waals surface area contributed by atoms with Crippen LogP contribution in [0.25, 0.3) is 0 Å². The number of hydrogen-bond donors (Lipinski definition) is 1. The van der Waals surface area contributed by atoms with E-state index in [-0.39, 0.29) is 0 Å². The third kappa shape index (κ3) is 3.13. The molecular weight excluding hydrogens is 321 g/mol. The smallest absolute Gasteiger partial charge is 0.320 e. The number of rotatable bonds is 2. The molecule has 19 heavy (non-hydrogen) atoms. The van der Waals surface area contributed by atoms with Crippen molar-refractivity contribution in [2.45, 2.75) is 12.2 Å². The van der Waals surface area contributed by atoms with Crippen LogP contribution in [0.4, 0.5) is 13.2 Å². The lowest BCUT2D eigenvalue weighted by Crippen LogP contribution is -2.13. The molecule has 1 aromatic heterocycles. The van der Waals surface area contributed by atoms with Gasteiger partial charge in [-0.1, -0.05) is 12.1 Å². The molecule has 0 saturated heterocycles. The van der Waals surface area contributed by atoms with Crippen LogP contribution < -0.4 is 5.73 Å². The van der Waals surface area contributed by atoms with Gasteiger partial charge in [0.15, 0.2) is 0 Å². The van der Waals surface area contributed by atoms with Crippen LogP contribution in [0.2, 0.25) is 0 Å². The Kier molecular flexibility index (Phi) is 3.91. The van der Waals surface area contributed by atoms with Gasteiger partial charge in [-0.15, -0.1) is 0 Å². The first-order valence-electron chi connectivity index (χ1n) is 5.42. The molecule has 2 N–H and O–H groups in total. The minimum atomic E-state index is -4.33. The molecule has 0 aliphatic carbocycles. The van der Waals surface area contributed by atoms with E-state index in [0.29, 0.717) is 5.56 Å². The monoisotopic (exact) mass is 330 g/mol. The Balaban J connectivity index is 2.31. The van der Waals surface area contributed by atoms with Crippen LogP contribution in [0, 0.1) is 0 Å². The van der Waals surface area contributed by atoms with Gasteiger partial charge in [0, 0.05) is 16.9 Å². The second-order valence-corrected chi connectivity index (χ2v) is 4.85. The maximum atomic E-state index is 12.5. The van der Waals surface area contributed by atoms with E-state index in [9.17, 15) is 13.2 Å². The maximum absolute atomic E-state index is 12.5. The van der Waals surface area contributed by atoms with Gasteiger partial charge in [0.05, 0.1) is 11.6 Å². The SMILES string of the molecule is NC(c1ccc(C(F)(F)F)cc1)c1ccncc1Br. The molecule has 1 heterocycles. The van der Waals surface area contributed by atoms with Crippen molar-refractivity contribution < 1.29 is 13.2 Å². The average Bonchev–Trinajstić information content (AvgIpc) is 2.38. The van der Waals surface area contributed by atoms with Crippen molar-refractivity contribution >= 4 is 15.9 Å². The molecular formula is C13H10BrF3N2. The molecule has 0 saturated carbocycles. The molecule has 100 valence electrons. The normalized spacial score (nSPS) is 13.3. The predicted octanol–water partition coefficient (Wildman–Crippen LogP) is 3.91. The van der Waals surface area contributed by atoms with E-state index in [1.165, 1.54) is 12.1 Å². The zero-order valence-electron chi connectivity index (χ0n) is 9.66. The molecule has 2 nitrogen and oxygen atoms in total. The summed E-state index contributed by atoms with van der Waals surface area (Å²) in [5, 5.41) is 0. The molecule has 0 fully saturated rings. The molecule has 2 rings (SSSR count). The van der Waals surface area contributed by atoms with E-state index >= 15 is 0 Å². The maximum Gasteiger partial charge on any atom is 0.416 e. The zero-order chi connectivity index (χ0) is 14.0. The number of benzene rings is 1. The predicted molar refractivity (Wildman–Crippen MR) is 69.4 cm³/mol. The Morgan fingerprint density at radius 3 is 2.26 bits per heavy atom. The molecule has 1 atom stereocenters. The van der Waals surface area contributed by atoms with E-state index in [1.807, 2.05) is 0 Å². The van der Waals surface area contributed by atoms with Crippen LogP contribution in [-0.2, 0) is 6.18 Å². The number of halogens is 4. The molecule has 2 aromatic rings. The van der Waals surface area contributed by atoms with E-state index in [2.05, 4.69) is 20.9 Å². The van der Waals surface area contributed by atoms with Gasteiger partial charge in [0.2, 0.25) is 0 Å². The summed E-state index contributed by atoms with van der Waals surface area (Å²) in [6, 6.07) is 6.07. The van der Waals surface area contributed by atoms with E-state index < -0.39 is 17.8 Å². The summed E-state index contributed by atoms with van der Waals surface area (Å²) in [5.74, 6) is 0. The van der Waals surface area contributed by atoms with Crippen molar-refractivity contribution in [1.82, 2.24) is 4.98 Å². The molecule has 0 radical (unpaired) electrons. The molecule has 1 aromatic carbocycles. The molecule has 0 amide bonds. The van der Waals surface area contributed by atoms with Crippen LogP contribution in [0.5, 0.6) is 0 Å². The van der Waals surface area contributed by atoms with Gasteiger partial charge in [0.1, 0.15) is 0 Å². The summed E-state index contributed by atoms with van der Waals surface area (Å²) in [6.45, 7) is 0. The Morgan fingerprint density at radius 2 is 1.74 bits per heavy atom. The number of alkyl halides is 3. The first-order chi connectivity index (χ1) is 8.89. The molecule has 0 bridgehead atoms. The molecule has 0 aliphatic heterocycles. The molecule has 0 aliphatic rings. The number of pyridine rings is 1. The largest absolute Gasteiger partial charge is 0.416 e. The van der Waals surface area contributed by atoms with Crippen LogP contribution in [0.3, 0.4) is 0 Å². The van der Waals surface area contributed by atoms with E-state index in [4.69, 9.17) is 5.73 Å². The summed E-state index contributed by atoms with van der Waals surface area (Å²) >= 11 is 3.32. The fourth-order valence-electron chi connectivity index (χ4n) is 1.70. The summed E-state index contributed by atoms with van der Waals surface area (Å²) in [5.41, 5.74) is 6.74. The van der Waals surface area contributed by atoms with Gasteiger partial charge in [-0.25, -0.2) is 0 Å². The number of aromatic nitrogens is 1. The van der Waals surface area contributed by atoms with Gasteiger partial charge < -0.3 is 5.73 Å². The van der Waals surface area contributed by atoms with E-state index in [1.54, 1.807) is 18.5 Å². The van der Waals surface area contributed by atoms with Gasteiger partial charge in [-0.05, 0) is 45.3 Å². The Hall–Kier alpha value is -1.40. The molecule has 6 heteroatoms. The van der Waals surface area contributed by atoms with Gasteiger partial charge in [0.25, 0.3) is 0 Å². The van der Waals surface area contributed by atoms with Crippen molar-refractivity contribution in [1.29, 1.82) is 0 Å². The lowest BCUT2D eigenvalue weighted by atomic mass is 9.99. The minimum Gasteiger partial charge on any atom is -0.320 e. The Labute approximate surface area is 116 Å². The van der Waals surface area contributed by atoms with Crippen molar-refractivity contribution in [3.8, 4) is 0 Å². The Morgan fingerprint density at radius 1 is 1.11 bits per heavy atom. The van der Waals surface area contributed by atoms with Crippen molar-refractivity contribution in [3.63, 3.8) is 0 Å². The summed E-state index contributed by atoms with van der Waals surface area (Å²) < 4.78 is 38.1. The zero-order valence-corrected chi connectivity index (χ0v) is 11.2. The average molecular weight is 331 g/mol. The number of nitrogens with two attached hydrogens (primary N) is 1. The van der Waals surface area contributed by atoms with Gasteiger partial charge in [-0.2, -0.15) is 13.2 Å². The third-order valence-electron chi connectivity index (χ3n) is 2.74. The highest BCUT2D eigenvalue weighted by atomic mass is 79.9. The summed E-state index contributed by atoms with van der Waals surface area (Å²) in [6.07, 6.45) is -1.15. The van der Waals surface area contributed by atoms with Gasteiger partial charge >= 0.3 is 6.18 Å². The van der Waals surface area contributed by atoms with Crippen molar-refractivity contribution in [2.24, 2.45) is 5.73 Å². The topological polar surface area (TPSA) is 38.9 Å². The third-order valence-corrected chi connectivity index (χ3v) is 3.40. The van der Waals surface area contributed by atoms with Crippen LogP contribution in [0.1, 0.15) is 22.7 Å². The fraction of sp³-hybridized carbons (Fsp3) is 0.154. The fourth-order valence-corrected chi connectivity index (χ4v) is 2.19. The second kappa shape index (κ2) is 5.30. The van der Waals surface area contributed by atoms with Crippen LogP contribution >= 0.6 is 15.9 Å². The first-order valence-corrected chi connectivity index (χ1v) is 6.21. The van der Waals surface area contributed by atoms with Crippen molar-refractivity contribution in [2.75, 3.05) is 0 Å². The lowest BCUT2D eigenvalue weighted by molar-refractivity contribution is -0.137. The number of nitrogens with zero attached hydrogens (tertiary/aromatic N) is 1. The second-order valence-electron chi connectivity index (χ2n) is 3.99. The summed E-state index contributed by atoms with van der Waals surface area (Å²) in [4.78, 5) is 3.92. The molecule has 1 unspecified atom stereocenters. The molecule has 0 spiro atoms. The highest BCUT2D eigenvalue weighted by Gasteiger charge is 2.30. The van der Waals surface area contributed by atoms with E-state index in [0.717, 1.165) is 22.2 Å².